The van der Waals surface area contributed by atoms with Crippen molar-refractivity contribution >= 4 is 17.1 Å². The van der Waals surface area contributed by atoms with E-state index in [9.17, 15) is 9.90 Å². The molecule has 1 aliphatic rings. The van der Waals surface area contributed by atoms with Crippen molar-refractivity contribution in [3.05, 3.63) is 29.7 Å². The number of carbonyl (C=O) groups is 1. The molecule has 0 bridgehead atoms. The first kappa shape index (κ1) is 14.1. The van der Waals surface area contributed by atoms with Gasteiger partial charge in [0, 0.05) is 0 Å². The van der Waals surface area contributed by atoms with Crippen molar-refractivity contribution in [3.8, 4) is 0 Å². The van der Waals surface area contributed by atoms with Gasteiger partial charge in [0.25, 0.3) is 0 Å². The fourth-order valence-electron chi connectivity index (χ4n) is 3.10. The lowest BCUT2D eigenvalue weighted by Gasteiger charge is -2.18. The van der Waals surface area contributed by atoms with E-state index in [-0.39, 0.29) is 16.7 Å². The number of aliphatic carboxylic acids is 1. The van der Waals surface area contributed by atoms with Crippen LogP contribution in [0.4, 0.5) is 0 Å². The molecule has 1 heterocycles. The van der Waals surface area contributed by atoms with Crippen molar-refractivity contribution in [2.24, 2.45) is 11.3 Å². The lowest BCUT2D eigenvalue weighted by atomic mass is 9.87. The highest BCUT2D eigenvalue weighted by atomic mass is 16.4. The van der Waals surface area contributed by atoms with E-state index in [1.165, 1.54) is 5.56 Å². The molecule has 2 atom stereocenters. The summed E-state index contributed by atoms with van der Waals surface area (Å²) >= 11 is 0. The van der Waals surface area contributed by atoms with Crippen LogP contribution in [0.3, 0.4) is 0 Å². The number of hydrogen-bond donors (Lipinski definition) is 1. The molecule has 4 heteroatoms. The van der Waals surface area contributed by atoms with Crippen molar-refractivity contribution in [3.63, 3.8) is 0 Å². The summed E-state index contributed by atoms with van der Waals surface area (Å²) in [6.45, 7) is 10.4. The first-order valence-corrected chi connectivity index (χ1v) is 7.26. The molecule has 0 spiro atoms. The SMILES string of the molecule is CC(C)(C)c1ccc2oc(C3C(C(=O)O)C3(C)C)nc2c1. The van der Waals surface area contributed by atoms with Crippen LogP contribution in [0.5, 0.6) is 0 Å². The zero-order valence-corrected chi connectivity index (χ0v) is 13.1. The standard InChI is InChI=1S/C17H21NO3/c1-16(2,3)9-6-7-11-10(8-9)18-14(21-11)12-13(15(19)20)17(12,4)5/h6-8,12-13H,1-5H3,(H,19,20). The monoisotopic (exact) mass is 287 g/mol. The van der Waals surface area contributed by atoms with Crippen LogP contribution in [-0.4, -0.2) is 16.1 Å². The van der Waals surface area contributed by atoms with Gasteiger partial charge in [-0.25, -0.2) is 4.98 Å². The van der Waals surface area contributed by atoms with Gasteiger partial charge in [0.15, 0.2) is 11.5 Å². The van der Waals surface area contributed by atoms with Crippen LogP contribution in [0, 0.1) is 11.3 Å². The molecule has 21 heavy (non-hydrogen) atoms. The zero-order chi connectivity index (χ0) is 15.6. The summed E-state index contributed by atoms with van der Waals surface area (Å²) in [4.78, 5) is 15.8. The molecule has 0 amide bonds. The third kappa shape index (κ3) is 2.13. The molecular weight excluding hydrogens is 266 g/mol. The second-order valence-corrected chi connectivity index (χ2v) is 7.60. The van der Waals surface area contributed by atoms with Gasteiger partial charge >= 0.3 is 5.97 Å². The van der Waals surface area contributed by atoms with E-state index < -0.39 is 11.9 Å². The van der Waals surface area contributed by atoms with Crippen LogP contribution < -0.4 is 0 Å². The predicted molar refractivity (Wildman–Crippen MR) is 80.4 cm³/mol. The smallest absolute Gasteiger partial charge is 0.307 e. The van der Waals surface area contributed by atoms with E-state index in [0.29, 0.717) is 5.89 Å². The maximum Gasteiger partial charge on any atom is 0.307 e. The quantitative estimate of drug-likeness (QED) is 0.908. The Morgan fingerprint density at radius 2 is 2.00 bits per heavy atom. The number of nitrogens with zero attached hydrogens (tertiary/aromatic N) is 1. The first-order chi connectivity index (χ1) is 9.62. The van der Waals surface area contributed by atoms with Crippen LogP contribution in [0.2, 0.25) is 0 Å². The predicted octanol–water partition coefficient (Wildman–Crippen LogP) is 3.95. The van der Waals surface area contributed by atoms with Gasteiger partial charge in [-0.3, -0.25) is 4.79 Å². The molecule has 2 aromatic rings. The van der Waals surface area contributed by atoms with Gasteiger partial charge in [-0.2, -0.15) is 0 Å². The Balaban J connectivity index is 2.01. The van der Waals surface area contributed by atoms with Crippen molar-refractivity contribution in [2.75, 3.05) is 0 Å². The summed E-state index contributed by atoms with van der Waals surface area (Å²) in [6.07, 6.45) is 0. The summed E-state index contributed by atoms with van der Waals surface area (Å²) in [5.41, 5.74) is 2.49. The summed E-state index contributed by atoms with van der Waals surface area (Å²) in [5, 5.41) is 9.28. The highest BCUT2D eigenvalue weighted by Crippen LogP contribution is 2.64. The van der Waals surface area contributed by atoms with Crippen LogP contribution in [0.15, 0.2) is 22.6 Å². The third-order valence-electron chi connectivity index (χ3n) is 4.63. The Labute approximate surface area is 124 Å². The van der Waals surface area contributed by atoms with E-state index in [0.717, 1.165) is 11.1 Å². The summed E-state index contributed by atoms with van der Waals surface area (Å²) < 4.78 is 5.80. The Morgan fingerprint density at radius 3 is 2.52 bits per heavy atom. The number of rotatable bonds is 2. The maximum atomic E-state index is 11.3. The highest BCUT2D eigenvalue weighted by molar-refractivity contribution is 5.78. The summed E-state index contributed by atoms with van der Waals surface area (Å²) in [6, 6.07) is 6.01. The van der Waals surface area contributed by atoms with Gasteiger partial charge in [-0.05, 0) is 28.5 Å². The van der Waals surface area contributed by atoms with E-state index in [2.05, 4.69) is 25.8 Å². The minimum absolute atomic E-state index is 0.0513. The largest absolute Gasteiger partial charge is 0.481 e. The molecule has 1 fully saturated rings. The van der Waals surface area contributed by atoms with E-state index in [4.69, 9.17) is 4.42 Å². The van der Waals surface area contributed by atoms with Crippen molar-refractivity contribution in [1.29, 1.82) is 0 Å². The van der Waals surface area contributed by atoms with Gasteiger partial charge in [0.1, 0.15) is 5.52 Å². The number of hydrogen-bond acceptors (Lipinski definition) is 3. The van der Waals surface area contributed by atoms with Gasteiger partial charge in [-0.1, -0.05) is 40.7 Å². The average molecular weight is 287 g/mol. The topological polar surface area (TPSA) is 63.3 Å². The normalized spacial score (nSPS) is 24.2. The number of carboxylic acids is 1. The fourth-order valence-corrected chi connectivity index (χ4v) is 3.10. The molecule has 0 radical (unpaired) electrons. The van der Waals surface area contributed by atoms with E-state index in [1.54, 1.807) is 0 Å². The van der Waals surface area contributed by atoms with Crippen molar-refractivity contribution in [2.45, 2.75) is 46.0 Å². The van der Waals surface area contributed by atoms with Crippen LogP contribution >= 0.6 is 0 Å². The third-order valence-corrected chi connectivity index (χ3v) is 4.63. The fraction of sp³-hybridized carbons (Fsp3) is 0.529. The van der Waals surface area contributed by atoms with Gasteiger partial charge < -0.3 is 9.52 Å². The molecule has 4 nitrogen and oxygen atoms in total. The van der Waals surface area contributed by atoms with Crippen LogP contribution in [-0.2, 0) is 10.2 Å². The number of aromatic nitrogens is 1. The maximum absolute atomic E-state index is 11.3. The number of fused-ring (bicyclic) bond motifs is 1. The van der Waals surface area contributed by atoms with Gasteiger partial charge in [0.2, 0.25) is 0 Å². The number of benzene rings is 1. The molecule has 1 aromatic carbocycles. The molecule has 1 saturated carbocycles. The van der Waals surface area contributed by atoms with Gasteiger partial charge in [0.05, 0.1) is 11.8 Å². The Kier molecular flexibility index (Phi) is 2.75. The molecule has 1 aliphatic carbocycles. The van der Waals surface area contributed by atoms with Crippen molar-refractivity contribution in [1.82, 2.24) is 4.98 Å². The van der Waals surface area contributed by atoms with E-state index >= 15 is 0 Å². The highest BCUT2D eigenvalue weighted by Gasteiger charge is 2.65. The average Bonchev–Trinajstić information content (AvgIpc) is 2.75. The summed E-state index contributed by atoms with van der Waals surface area (Å²) in [7, 11) is 0. The van der Waals surface area contributed by atoms with Gasteiger partial charge in [-0.15, -0.1) is 0 Å². The second kappa shape index (κ2) is 4.09. The molecule has 2 unspecified atom stereocenters. The minimum Gasteiger partial charge on any atom is -0.481 e. The van der Waals surface area contributed by atoms with Crippen LogP contribution in [0.1, 0.15) is 52.0 Å². The number of oxazole rings is 1. The minimum atomic E-state index is -0.775. The molecule has 0 saturated heterocycles. The second-order valence-electron chi connectivity index (χ2n) is 7.60. The Hall–Kier alpha value is -1.84. The molecular formula is C17H21NO3. The van der Waals surface area contributed by atoms with Crippen molar-refractivity contribution < 1.29 is 14.3 Å². The lowest BCUT2D eigenvalue weighted by molar-refractivity contribution is -0.139. The van der Waals surface area contributed by atoms with Crippen LogP contribution in [0.25, 0.3) is 11.1 Å². The zero-order valence-electron chi connectivity index (χ0n) is 13.1. The molecule has 3 rings (SSSR count). The summed E-state index contributed by atoms with van der Waals surface area (Å²) in [5.74, 6) is -0.774. The number of carboxylic acid groups (broad SMARTS) is 1. The Morgan fingerprint density at radius 1 is 1.33 bits per heavy atom. The molecule has 0 aliphatic heterocycles. The van der Waals surface area contributed by atoms with E-state index in [1.807, 2.05) is 32.0 Å². The molecule has 112 valence electrons. The Bertz CT molecular complexity index is 721. The lowest BCUT2D eigenvalue weighted by Crippen LogP contribution is -2.10. The molecule has 1 aromatic heterocycles. The first-order valence-electron chi connectivity index (χ1n) is 7.26. The molecule has 1 N–H and O–H groups in total.